The first kappa shape index (κ1) is 17.3. The molecule has 1 heterocycles. The number of benzene rings is 2. The summed E-state index contributed by atoms with van der Waals surface area (Å²) in [7, 11) is 0. The lowest BCUT2D eigenvalue weighted by Gasteiger charge is -2.56. The molecule has 2 aromatic carbocycles. The molecule has 1 aliphatic heterocycles. The molecule has 0 unspecified atom stereocenters. The highest BCUT2D eigenvalue weighted by molar-refractivity contribution is 6.45. The van der Waals surface area contributed by atoms with Crippen molar-refractivity contribution in [2.24, 2.45) is 5.41 Å². The molecule has 1 amide bonds. The average molecular weight is 365 g/mol. The van der Waals surface area contributed by atoms with Crippen molar-refractivity contribution in [3.63, 3.8) is 0 Å². The van der Waals surface area contributed by atoms with Crippen LogP contribution >= 0.6 is 0 Å². The van der Waals surface area contributed by atoms with Gasteiger partial charge >= 0.3 is 5.97 Å². The normalized spacial score (nSPS) is 28.7. The lowest BCUT2D eigenvalue weighted by Crippen LogP contribution is -2.73. The maximum absolute atomic E-state index is 12.9. The number of hydrogen-bond donors (Lipinski definition) is 1. The third kappa shape index (κ3) is 2.22. The molecule has 6 heteroatoms. The van der Waals surface area contributed by atoms with E-state index in [1.165, 1.54) is 0 Å². The van der Waals surface area contributed by atoms with Crippen LogP contribution in [0.2, 0.25) is 0 Å². The van der Waals surface area contributed by atoms with Gasteiger partial charge < -0.3 is 14.8 Å². The number of amides is 1. The maximum Gasteiger partial charge on any atom is 0.323 e. The number of para-hydroxylation sites is 1. The summed E-state index contributed by atoms with van der Waals surface area (Å²) in [4.78, 5) is 38.1. The number of carbonyl (C=O) groups excluding carboxylic acids is 3. The Morgan fingerprint density at radius 2 is 1.70 bits per heavy atom. The number of hydrogen-bond acceptors (Lipinski definition) is 5. The van der Waals surface area contributed by atoms with E-state index in [4.69, 9.17) is 9.47 Å². The fraction of sp³-hybridized carbons (Fsp3) is 0.286. The predicted molar refractivity (Wildman–Crippen MR) is 95.8 cm³/mol. The molecule has 2 aliphatic rings. The van der Waals surface area contributed by atoms with E-state index in [0.29, 0.717) is 11.3 Å². The smallest absolute Gasteiger partial charge is 0.323 e. The molecule has 1 saturated carbocycles. The Morgan fingerprint density at radius 3 is 2.33 bits per heavy atom. The molecule has 0 radical (unpaired) electrons. The second-order valence-electron chi connectivity index (χ2n) is 6.71. The molecule has 6 nitrogen and oxygen atoms in total. The SMILES string of the molecule is CCOC(=O)[C@]12C[C@H](Oc3ccccc3)[C@]1(c1ccccc1)NC(=O)C2=O. The Kier molecular flexibility index (Phi) is 3.98. The molecular weight excluding hydrogens is 346 g/mol. The summed E-state index contributed by atoms with van der Waals surface area (Å²) in [6.07, 6.45) is -0.505. The Bertz CT molecular complexity index is 897. The molecule has 1 N–H and O–H groups in total. The van der Waals surface area contributed by atoms with Crippen molar-refractivity contribution in [2.75, 3.05) is 6.61 Å². The second-order valence-corrected chi connectivity index (χ2v) is 6.71. The monoisotopic (exact) mass is 365 g/mol. The van der Waals surface area contributed by atoms with E-state index >= 15 is 0 Å². The highest BCUT2D eigenvalue weighted by Gasteiger charge is 2.81. The first-order chi connectivity index (χ1) is 13.1. The van der Waals surface area contributed by atoms with Crippen molar-refractivity contribution in [3.8, 4) is 5.75 Å². The lowest BCUT2D eigenvalue weighted by molar-refractivity contribution is -0.187. The number of esters is 1. The van der Waals surface area contributed by atoms with Gasteiger partial charge in [0.15, 0.2) is 5.41 Å². The van der Waals surface area contributed by atoms with Gasteiger partial charge in [0.25, 0.3) is 5.91 Å². The van der Waals surface area contributed by atoms with Gasteiger partial charge in [-0.15, -0.1) is 0 Å². The summed E-state index contributed by atoms with van der Waals surface area (Å²) in [6, 6.07) is 18.1. The number of ether oxygens (including phenoxy) is 2. The fourth-order valence-corrected chi connectivity index (χ4v) is 4.21. The zero-order valence-electron chi connectivity index (χ0n) is 14.8. The number of ketones is 1. The molecule has 1 saturated heterocycles. The lowest BCUT2D eigenvalue weighted by atomic mass is 9.50. The van der Waals surface area contributed by atoms with Crippen molar-refractivity contribution in [1.29, 1.82) is 0 Å². The molecule has 1 aliphatic carbocycles. The van der Waals surface area contributed by atoms with Crippen LogP contribution < -0.4 is 10.1 Å². The van der Waals surface area contributed by atoms with Crippen molar-refractivity contribution < 1.29 is 23.9 Å². The second kappa shape index (κ2) is 6.23. The fourth-order valence-electron chi connectivity index (χ4n) is 4.21. The van der Waals surface area contributed by atoms with Gasteiger partial charge in [-0.1, -0.05) is 48.5 Å². The van der Waals surface area contributed by atoms with Gasteiger partial charge in [-0.25, -0.2) is 0 Å². The number of nitrogens with one attached hydrogen (secondary N) is 1. The molecule has 4 rings (SSSR count). The summed E-state index contributed by atoms with van der Waals surface area (Å²) in [6.45, 7) is 1.79. The number of fused-ring (bicyclic) bond motifs is 1. The zero-order chi connectivity index (χ0) is 19.1. The third-order valence-electron chi connectivity index (χ3n) is 5.43. The van der Waals surface area contributed by atoms with Gasteiger partial charge in [0.2, 0.25) is 5.78 Å². The van der Waals surface area contributed by atoms with Crippen molar-refractivity contribution in [2.45, 2.75) is 25.0 Å². The topological polar surface area (TPSA) is 81.7 Å². The van der Waals surface area contributed by atoms with Gasteiger partial charge in [0.05, 0.1) is 6.61 Å². The maximum atomic E-state index is 12.9. The summed E-state index contributed by atoms with van der Waals surface area (Å²) in [5.41, 5.74) is -2.25. The highest BCUT2D eigenvalue weighted by Crippen LogP contribution is 2.61. The molecule has 2 aromatic rings. The Labute approximate surface area is 156 Å². The molecule has 0 spiro atoms. The number of rotatable bonds is 5. The van der Waals surface area contributed by atoms with E-state index in [1.54, 1.807) is 43.3 Å². The Hall–Kier alpha value is -3.15. The number of carbonyl (C=O) groups is 3. The summed E-state index contributed by atoms with van der Waals surface area (Å²) < 4.78 is 11.3. The van der Waals surface area contributed by atoms with E-state index < -0.39 is 34.7 Å². The van der Waals surface area contributed by atoms with E-state index in [9.17, 15) is 14.4 Å². The molecule has 138 valence electrons. The average Bonchev–Trinajstić information content (AvgIpc) is 2.86. The van der Waals surface area contributed by atoms with Crippen molar-refractivity contribution in [1.82, 2.24) is 5.32 Å². The van der Waals surface area contributed by atoms with E-state index in [-0.39, 0.29) is 13.0 Å². The van der Waals surface area contributed by atoms with Gasteiger partial charge in [0, 0.05) is 6.42 Å². The molecular formula is C21H19NO5. The van der Waals surface area contributed by atoms with Crippen LogP contribution in [-0.2, 0) is 24.7 Å². The van der Waals surface area contributed by atoms with Crippen LogP contribution in [0.1, 0.15) is 18.9 Å². The standard InChI is InChI=1S/C21H19NO5/c1-2-26-19(25)20-13-16(27-15-11-7-4-8-12-15)21(20,22-18(24)17(20)23)14-9-5-3-6-10-14/h3-12,16H,2,13H2,1H3,(H,22,24)/t16-,20+,21-/m0/s1. The van der Waals surface area contributed by atoms with Gasteiger partial charge in [-0.3, -0.25) is 14.4 Å². The summed E-state index contributed by atoms with van der Waals surface area (Å²) in [5, 5.41) is 2.77. The molecule has 0 bridgehead atoms. The minimum absolute atomic E-state index is 0.0766. The van der Waals surface area contributed by atoms with Gasteiger partial charge in [0.1, 0.15) is 17.4 Å². The van der Waals surface area contributed by atoms with Crippen LogP contribution in [0, 0.1) is 5.41 Å². The molecule has 3 atom stereocenters. The highest BCUT2D eigenvalue weighted by atomic mass is 16.5. The van der Waals surface area contributed by atoms with Crippen LogP contribution in [-0.4, -0.2) is 30.4 Å². The van der Waals surface area contributed by atoms with Crippen molar-refractivity contribution >= 4 is 17.7 Å². The van der Waals surface area contributed by atoms with Crippen molar-refractivity contribution in [3.05, 3.63) is 66.2 Å². The van der Waals surface area contributed by atoms with E-state index in [0.717, 1.165) is 0 Å². The minimum atomic E-state index is -1.61. The van der Waals surface area contributed by atoms with Gasteiger partial charge in [-0.2, -0.15) is 0 Å². The Balaban J connectivity index is 1.84. The quantitative estimate of drug-likeness (QED) is 0.498. The van der Waals surface area contributed by atoms with Gasteiger partial charge in [-0.05, 0) is 24.6 Å². The third-order valence-corrected chi connectivity index (χ3v) is 5.43. The van der Waals surface area contributed by atoms with Crippen LogP contribution in [0.4, 0.5) is 0 Å². The predicted octanol–water partition coefficient (Wildman–Crippen LogP) is 1.98. The Morgan fingerprint density at radius 1 is 1.07 bits per heavy atom. The summed E-state index contributed by atoms with van der Waals surface area (Å²) >= 11 is 0. The van der Waals surface area contributed by atoms with E-state index in [1.807, 2.05) is 24.3 Å². The van der Waals surface area contributed by atoms with E-state index in [2.05, 4.69) is 5.32 Å². The molecule has 27 heavy (non-hydrogen) atoms. The van der Waals surface area contributed by atoms with Crippen LogP contribution in [0.5, 0.6) is 5.75 Å². The first-order valence-corrected chi connectivity index (χ1v) is 8.87. The minimum Gasteiger partial charge on any atom is -0.488 e. The molecule has 0 aromatic heterocycles. The van der Waals surface area contributed by atoms with Crippen LogP contribution in [0.3, 0.4) is 0 Å². The summed E-state index contributed by atoms with van der Waals surface area (Å²) in [5.74, 6) is -1.64. The van der Waals surface area contributed by atoms with Crippen LogP contribution in [0.25, 0.3) is 0 Å². The largest absolute Gasteiger partial charge is 0.488 e. The zero-order valence-corrected chi connectivity index (χ0v) is 14.8. The first-order valence-electron chi connectivity index (χ1n) is 8.87. The van der Waals surface area contributed by atoms with Crippen LogP contribution in [0.15, 0.2) is 60.7 Å². The number of Topliss-reactive ketones (excluding diaryl/α,β-unsaturated/α-hetero) is 1. The molecule has 2 fully saturated rings.